The molecule has 1 aliphatic rings. The highest BCUT2D eigenvalue weighted by molar-refractivity contribution is 7.99. The summed E-state index contributed by atoms with van der Waals surface area (Å²) in [6, 6.07) is 19.0. The molecule has 1 atom stereocenters. The van der Waals surface area contributed by atoms with Crippen molar-refractivity contribution in [2.75, 3.05) is 18.8 Å². The van der Waals surface area contributed by atoms with E-state index in [1.54, 1.807) is 0 Å². The van der Waals surface area contributed by atoms with Crippen molar-refractivity contribution in [1.29, 1.82) is 0 Å². The van der Waals surface area contributed by atoms with Crippen LogP contribution in [0.5, 0.6) is 0 Å². The lowest BCUT2D eigenvalue weighted by Crippen LogP contribution is -2.34. The Morgan fingerprint density at radius 3 is 2.69 bits per heavy atom. The Kier molecular flexibility index (Phi) is 5.02. The summed E-state index contributed by atoms with van der Waals surface area (Å²) in [6.07, 6.45) is 3.61. The summed E-state index contributed by atoms with van der Waals surface area (Å²) in [5, 5.41) is 1.68. The minimum Gasteiger partial charge on any atom is -0.350 e. The van der Waals surface area contributed by atoms with Crippen molar-refractivity contribution in [2.24, 2.45) is 7.05 Å². The molecule has 4 rings (SSSR count). The Labute approximate surface area is 159 Å². The van der Waals surface area contributed by atoms with Crippen molar-refractivity contribution in [3.8, 4) is 0 Å². The van der Waals surface area contributed by atoms with Gasteiger partial charge in [0.2, 0.25) is 5.91 Å². The third-order valence-corrected chi connectivity index (χ3v) is 6.52. The first-order valence-electron chi connectivity index (χ1n) is 9.19. The molecule has 0 bridgehead atoms. The monoisotopic (exact) mass is 364 g/mol. The van der Waals surface area contributed by atoms with Gasteiger partial charge in [0.1, 0.15) is 0 Å². The Hall–Kier alpha value is -2.20. The number of hydrogen-bond acceptors (Lipinski definition) is 2. The number of carbonyl (C=O) groups excluding carboxylic acids is 1. The molecule has 0 spiro atoms. The quantitative estimate of drug-likeness (QED) is 0.687. The maximum absolute atomic E-state index is 12.9. The Balaban J connectivity index is 1.45. The largest absolute Gasteiger partial charge is 0.350 e. The van der Waals surface area contributed by atoms with Gasteiger partial charge >= 0.3 is 0 Å². The Morgan fingerprint density at radius 1 is 1.08 bits per heavy atom. The molecule has 1 saturated heterocycles. The second-order valence-corrected chi connectivity index (χ2v) is 8.21. The number of nitrogens with zero attached hydrogens (tertiary/aromatic N) is 2. The van der Waals surface area contributed by atoms with E-state index in [0.29, 0.717) is 11.7 Å². The molecule has 0 N–H and O–H groups in total. The van der Waals surface area contributed by atoms with E-state index in [4.69, 9.17) is 0 Å². The first kappa shape index (κ1) is 17.2. The molecule has 2 heterocycles. The molecule has 0 saturated carbocycles. The van der Waals surface area contributed by atoms with E-state index < -0.39 is 0 Å². The second kappa shape index (κ2) is 7.58. The number of amides is 1. The highest BCUT2D eigenvalue weighted by atomic mass is 32.2. The maximum Gasteiger partial charge on any atom is 0.227 e. The highest BCUT2D eigenvalue weighted by Gasteiger charge is 2.22. The minimum atomic E-state index is 0.246. The third-order valence-electron chi connectivity index (χ3n) is 5.19. The average molecular weight is 365 g/mol. The number of aromatic nitrogens is 1. The van der Waals surface area contributed by atoms with Crippen molar-refractivity contribution in [2.45, 2.75) is 18.1 Å². The van der Waals surface area contributed by atoms with Crippen molar-refractivity contribution < 1.29 is 4.79 Å². The molecule has 134 valence electrons. The summed E-state index contributed by atoms with van der Waals surface area (Å²) in [4.78, 5) is 15.0. The van der Waals surface area contributed by atoms with Crippen LogP contribution in [0.25, 0.3) is 10.9 Å². The lowest BCUT2D eigenvalue weighted by molar-refractivity contribution is -0.130. The molecule has 3 nitrogen and oxygen atoms in total. The van der Waals surface area contributed by atoms with E-state index >= 15 is 0 Å². The van der Waals surface area contributed by atoms with Gasteiger partial charge in [-0.05, 0) is 23.6 Å². The fourth-order valence-corrected chi connectivity index (χ4v) is 5.03. The zero-order valence-corrected chi connectivity index (χ0v) is 15.9. The van der Waals surface area contributed by atoms with Crippen LogP contribution in [0.1, 0.15) is 22.8 Å². The first-order chi connectivity index (χ1) is 12.7. The molecule has 4 heteroatoms. The maximum atomic E-state index is 12.9. The van der Waals surface area contributed by atoms with Gasteiger partial charge in [0.05, 0.1) is 6.42 Å². The number of thioether (sulfide) groups is 1. The SMILES string of the molecule is Cn1cc(CC(=O)N2CCS[C@H](c3ccccc3)CC2)c2ccccc21. The van der Waals surface area contributed by atoms with Gasteiger partial charge in [-0.2, -0.15) is 11.8 Å². The molecule has 0 radical (unpaired) electrons. The van der Waals surface area contributed by atoms with E-state index in [1.165, 1.54) is 16.5 Å². The number of aryl methyl sites for hydroxylation is 1. The number of para-hydroxylation sites is 1. The molecule has 1 amide bonds. The fraction of sp³-hybridized carbons (Fsp3) is 0.318. The van der Waals surface area contributed by atoms with Gasteiger partial charge in [0.25, 0.3) is 0 Å². The summed E-state index contributed by atoms with van der Waals surface area (Å²) in [7, 11) is 2.04. The summed E-state index contributed by atoms with van der Waals surface area (Å²) < 4.78 is 2.11. The van der Waals surface area contributed by atoms with Gasteiger partial charge < -0.3 is 9.47 Å². The second-order valence-electron chi connectivity index (χ2n) is 6.90. The fourth-order valence-electron chi connectivity index (χ4n) is 3.79. The molecule has 1 fully saturated rings. The van der Waals surface area contributed by atoms with E-state index in [-0.39, 0.29) is 5.91 Å². The first-order valence-corrected chi connectivity index (χ1v) is 10.2. The van der Waals surface area contributed by atoms with Gasteiger partial charge in [-0.1, -0.05) is 48.5 Å². The molecule has 0 unspecified atom stereocenters. The molecule has 1 aromatic heterocycles. The highest BCUT2D eigenvalue weighted by Crippen LogP contribution is 2.34. The van der Waals surface area contributed by atoms with Crippen LogP contribution in [-0.4, -0.2) is 34.2 Å². The lowest BCUT2D eigenvalue weighted by atomic mass is 10.1. The lowest BCUT2D eigenvalue weighted by Gasteiger charge is -2.20. The number of carbonyl (C=O) groups is 1. The van der Waals surface area contributed by atoms with Gasteiger partial charge in [0.15, 0.2) is 0 Å². The van der Waals surface area contributed by atoms with Crippen LogP contribution in [0.2, 0.25) is 0 Å². The van der Waals surface area contributed by atoms with E-state index in [0.717, 1.165) is 30.8 Å². The number of benzene rings is 2. The van der Waals surface area contributed by atoms with Gasteiger partial charge in [0, 0.05) is 48.2 Å². The topological polar surface area (TPSA) is 25.2 Å². The molecular weight excluding hydrogens is 340 g/mol. The van der Waals surface area contributed by atoms with Crippen molar-refractivity contribution in [3.05, 3.63) is 71.9 Å². The normalized spacial score (nSPS) is 18.0. The van der Waals surface area contributed by atoms with Crippen LogP contribution in [0.15, 0.2) is 60.8 Å². The van der Waals surface area contributed by atoms with Crippen molar-refractivity contribution >= 4 is 28.6 Å². The van der Waals surface area contributed by atoms with E-state index in [9.17, 15) is 4.79 Å². The Bertz CT molecular complexity index is 903. The van der Waals surface area contributed by atoms with Crippen molar-refractivity contribution in [3.63, 3.8) is 0 Å². The third kappa shape index (κ3) is 3.51. The zero-order chi connectivity index (χ0) is 17.9. The predicted molar refractivity (Wildman–Crippen MR) is 109 cm³/mol. The van der Waals surface area contributed by atoms with Crippen LogP contribution in [-0.2, 0) is 18.3 Å². The van der Waals surface area contributed by atoms with Gasteiger partial charge in [-0.15, -0.1) is 0 Å². The molecule has 0 aliphatic carbocycles. The van der Waals surface area contributed by atoms with Crippen molar-refractivity contribution in [1.82, 2.24) is 9.47 Å². The van der Waals surface area contributed by atoms with Crippen LogP contribution in [0.4, 0.5) is 0 Å². The van der Waals surface area contributed by atoms with Crippen LogP contribution in [0.3, 0.4) is 0 Å². The van der Waals surface area contributed by atoms with Crippen LogP contribution in [0, 0.1) is 0 Å². The summed E-state index contributed by atoms with van der Waals surface area (Å²) >= 11 is 1.97. The average Bonchev–Trinajstić information content (AvgIpc) is 2.86. The Morgan fingerprint density at radius 2 is 1.85 bits per heavy atom. The standard InChI is InChI=1S/C22H24N2OS/c1-23-16-18(19-9-5-6-10-20(19)23)15-22(25)24-12-11-21(26-14-13-24)17-7-3-2-4-8-17/h2-10,16,21H,11-15H2,1H3/t21-/m0/s1. The number of hydrogen-bond donors (Lipinski definition) is 0. The zero-order valence-electron chi connectivity index (χ0n) is 15.1. The smallest absolute Gasteiger partial charge is 0.227 e. The van der Waals surface area contributed by atoms with E-state index in [2.05, 4.69) is 58.1 Å². The van der Waals surface area contributed by atoms with Crippen LogP contribution < -0.4 is 0 Å². The molecule has 1 aliphatic heterocycles. The van der Waals surface area contributed by atoms with Gasteiger partial charge in [-0.3, -0.25) is 4.79 Å². The number of rotatable bonds is 3. The van der Waals surface area contributed by atoms with Gasteiger partial charge in [-0.25, -0.2) is 0 Å². The summed E-state index contributed by atoms with van der Waals surface area (Å²) in [6.45, 7) is 1.69. The predicted octanol–water partition coefficient (Wildman–Crippen LogP) is 4.43. The summed E-state index contributed by atoms with van der Waals surface area (Å²) in [5.41, 5.74) is 3.69. The number of fused-ring (bicyclic) bond motifs is 1. The summed E-state index contributed by atoms with van der Waals surface area (Å²) in [5.74, 6) is 1.25. The van der Waals surface area contributed by atoms with Crippen LogP contribution >= 0.6 is 11.8 Å². The minimum absolute atomic E-state index is 0.246. The molecule has 26 heavy (non-hydrogen) atoms. The molecule has 2 aromatic carbocycles. The van der Waals surface area contributed by atoms with E-state index in [1.807, 2.05) is 30.9 Å². The molecular formula is C22H24N2OS. The molecule has 3 aromatic rings.